The number of amides is 2. The molecule has 1 saturated carbocycles. The van der Waals surface area contributed by atoms with Gasteiger partial charge in [0.2, 0.25) is 0 Å². The number of urea groups is 1. The van der Waals surface area contributed by atoms with Crippen LogP contribution in [0.1, 0.15) is 33.1 Å². The van der Waals surface area contributed by atoms with E-state index in [2.05, 4.69) is 16.6 Å². The highest BCUT2D eigenvalue weighted by atomic mass is 16.5. The van der Waals surface area contributed by atoms with E-state index < -0.39 is 0 Å². The molecule has 2 N–H and O–H groups in total. The van der Waals surface area contributed by atoms with Gasteiger partial charge in [-0.1, -0.05) is 19.8 Å². The Morgan fingerprint density at radius 3 is 2.65 bits per heavy atom. The van der Waals surface area contributed by atoms with Gasteiger partial charge in [0.1, 0.15) is 0 Å². The minimum Gasteiger partial charge on any atom is -0.381 e. The molecular formula is C13H22N2O2. The molecule has 4 heteroatoms. The van der Waals surface area contributed by atoms with E-state index in [1.165, 1.54) is 0 Å². The average Bonchev–Trinajstić information content (AvgIpc) is 2.73. The second-order valence-electron chi connectivity index (χ2n) is 4.87. The lowest BCUT2D eigenvalue weighted by Crippen LogP contribution is -2.46. The zero-order chi connectivity index (χ0) is 12.8. The molecule has 4 nitrogen and oxygen atoms in total. The maximum atomic E-state index is 11.7. The predicted molar refractivity (Wildman–Crippen MR) is 67.6 cm³/mol. The third-order valence-electron chi connectivity index (χ3n) is 3.19. The number of hydrogen-bond donors (Lipinski definition) is 2. The summed E-state index contributed by atoms with van der Waals surface area (Å²) in [5.41, 5.74) is 0. The summed E-state index contributed by atoms with van der Waals surface area (Å²) >= 11 is 0. The Labute approximate surface area is 103 Å². The van der Waals surface area contributed by atoms with Crippen molar-refractivity contribution >= 4 is 6.03 Å². The number of ether oxygens (including phenoxy) is 1. The van der Waals surface area contributed by atoms with Crippen molar-refractivity contribution in [3.05, 3.63) is 0 Å². The van der Waals surface area contributed by atoms with Crippen LogP contribution in [0.25, 0.3) is 0 Å². The van der Waals surface area contributed by atoms with E-state index in [1.54, 1.807) is 7.11 Å². The topological polar surface area (TPSA) is 50.4 Å². The van der Waals surface area contributed by atoms with Gasteiger partial charge in [-0.2, -0.15) is 0 Å². The summed E-state index contributed by atoms with van der Waals surface area (Å²) in [7, 11) is 1.71. The highest BCUT2D eigenvalue weighted by molar-refractivity contribution is 5.75. The molecule has 2 amide bonds. The summed E-state index contributed by atoms with van der Waals surface area (Å²) in [5.74, 6) is 2.82. The van der Waals surface area contributed by atoms with Gasteiger partial charge in [0.15, 0.2) is 0 Å². The van der Waals surface area contributed by atoms with Crippen LogP contribution in [0.2, 0.25) is 0 Å². The van der Waals surface area contributed by atoms with Gasteiger partial charge in [0, 0.05) is 13.2 Å². The van der Waals surface area contributed by atoms with E-state index in [9.17, 15) is 4.79 Å². The number of carbonyl (C=O) groups excluding carboxylic acids is 1. The Morgan fingerprint density at radius 2 is 2.18 bits per heavy atom. The van der Waals surface area contributed by atoms with E-state index in [-0.39, 0.29) is 30.1 Å². The first kappa shape index (κ1) is 13.9. The quantitative estimate of drug-likeness (QED) is 0.729. The van der Waals surface area contributed by atoms with Crippen LogP contribution in [0.15, 0.2) is 0 Å². The monoisotopic (exact) mass is 238 g/mol. The van der Waals surface area contributed by atoms with Crippen molar-refractivity contribution in [1.29, 1.82) is 0 Å². The predicted octanol–water partition coefficient (Wildman–Crippen LogP) is 1.51. The molecule has 3 atom stereocenters. The van der Waals surface area contributed by atoms with E-state index in [0.29, 0.717) is 0 Å². The molecule has 0 spiro atoms. The first-order chi connectivity index (χ1) is 8.06. The number of terminal acetylenes is 1. The van der Waals surface area contributed by atoms with Gasteiger partial charge < -0.3 is 15.4 Å². The fraction of sp³-hybridized carbons (Fsp3) is 0.769. The summed E-state index contributed by atoms with van der Waals surface area (Å²) in [6.07, 6.45) is 8.49. The Hall–Kier alpha value is -1.21. The van der Waals surface area contributed by atoms with Gasteiger partial charge in [0.25, 0.3) is 0 Å². The number of hydrogen-bond acceptors (Lipinski definition) is 2. The van der Waals surface area contributed by atoms with E-state index in [0.717, 1.165) is 19.3 Å². The fourth-order valence-corrected chi connectivity index (χ4v) is 2.05. The normalized spacial score (nSPS) is 25.4. The van der Waals surface area contributed by atoms with Gasteiger partial charge >= 0.3 is 6.03 Å². The molecule has 0 aromatic heterocycles. The van der Waals surface area contributed by atoms with Gasteiger partial charge in [-0.3, -0.25) is 0 Å². The molecule has 0 radical (unpaired) electrons. The second-order valence-corrected chi connectivity index (χ2v) is 4.87. The number of nitrogens with one attached hydrogen (secondary N) is 2. The molecule has 1 aliphatic rings. The van der Waals surface area contributed by atoms with Crippen LogP contribution in [0.3, 0.4) is 0 Å². The Morgan fingerprint density at radius 1 is 1.47 bits per heavy atom. The smallest absolute Gasteiger partial charge is 0.315 e. The average molecular weight is 238 g/mol. The van der Waals surface area contributed by atoms with Gasteiger partial charge in [0.05, 0.1) is 12.1 Å². The van der Waals surface area contributed by atoms with Crippen LogP contribution in [-0.4, -0.2) is 31.3 Å². The lowest BCUT2D eigenvalue weighted by molar-refractivity contribution is 0.107. The van der Waals surface area contributed by atoms with Crippen LogP contribution in [0.5, 0.6) is 0 Å². The third-order valence-corrected chi connectivity index (χ3v) is 3.19. The van der Waals surface area contributed by atoms with Gasteiger partial charge in [-0.15, -0.1) is 6.42 Å². The summed E-state index contributed by atoms with van der Waals surface area (Å²) in [6.45, 7) is 3.97. The zero-order valence-electron chi connectivity index (χ0n) is 10.8. The summed E-state index contributed by atoms with van der Waals surface area (Å²) in [4.78, 5) is 11.7. The largest absolute Gasteiger partial charge is 0.381 e. The third kappa shape index (κ3) is 4.27. The highest BCUT2D eigenvalue weighted by Gasteiger charge is 2.26. The van der Waals surface area contributed by atoms with Crippen LogP contribution in [0, 0.1) is 18.3 Å². The minimum absolute atomic E-state index is 0.177. The Bertz CT molecular complexity index is 296. The zero-order valence-corrected chi connectivity index (χ0v) is 10.8. The molecule has 0 aromatic rings. The molecule has 0 aromatic carbocycles. The van der Waals surface area contributed by atoms with Crippen LogP contribution < -0.4 is 10.6 Å². The van der Waals surface area contributed by atoms with Crippen molar-refractivity contribution in [2.24, 2.45) is 5.92 Å². The standard InChI is InChI=1S/C13H22N2O2/c1-5-12(9(2)3)15-13(16)14-10-6-7-11(8-10)17-4/h1,9-12H,6-8H2,2-4H3,(H2,14,15,16)/t10-,11+,12-/m0/s1. The van der Waals surface area contributed by atoms with Crippen LogP contribution in [-0.2, 0) is 4.74 Å². The Balaban J connectivity index is 2.33. The molecule has 0 bridgehead atoms. The molecule has 1 aliphatic carbocycles. The molecule has 0 aliphatic heterocycles. The lowest BCUT2D eigenvalue weighted by atomic mass is 10.1. The first-order valence-electron chi connectivity index (χ1n) is 6.12. The maximum Gasteiger partial charge on any atom is 0.315 e. The molecule has 17 heavy (non-hydrogen) atoms. The molecule has 1 rings (SSSR count). The number of methoxy groups -OCH3 is 1. The first-order valence-corrected chi connectivity index (χ1v) is 6.12. The summed E-state index contributed by atoms with van der Waals surface area (Å²) in [5, 5.41) is 5.74. The summed E-state index contributed by atoms with van der Waals surface area (Å²) < 4.78 is 5.26. The second kappa shape index (κ2) is 6.51. The molecular weight excluding hydrogens is 216 g/mol. The Kier molecular flexibility index (Phi) is 5.30. The van der Waals surface area contributed by atoms with Crippen LogP contribution >= 0.6 is 0 Å². The summed E-state index contributed by atoms with van der Waals surface area (Å²) in [6, 6.07) is -0.191. The fourth-order valence-electron chi connectivity index (χ4n) is 2.05. The van der Waals surface area contributed by atoms with E-state index in [1.807, 2.05) is 13.8 Å². The number of carbonyl (C=O) groups is 1. The van der Waals surface area contributed by atoms with Gasteiger partial charge in [-0.25, -0.2) is 4.79 Å². The molecule has 0 heterocycles. The van der Waals surface area contributed by atoms with Crippen LogP contribution in [0.4, 0.5) is 4.79 Å². The molecule has 0 saturated heterocycles. The van der Waals surface area contributed by atoms with Crippen molar-refractivity contribution in [3.8, 4) is 12.3 Å². The molecule has 1 fully saturated rings. The van der Waals surface area contributed by atoms with Crippen molar-refractivity contribution in [1.82, 2.24) is 10.6 Å². The van der Waals surface area contributed by atoms with E-state index in [4.69, 9.17) is 11.2 Å². The van der Waals surface area contributed by atoms with Crippen molar-refractivity contribution in [2.75, 3.05) is 7.11 Å². The molecule has 96 valence electrons. The van der Waals surface area contributed by atoms with Crippen molar-refractivity contribution < 1.29 is 9.53 Å². The van der Waals surface area contributed by atoms with Crippen molar-refractivity contribution in [2.45, 2.75) is 51.3 Å². The van der Waals surface area contributed by atoms with Gasteiger partial charge in [-0.05, 0) is 25.2 Å². The molecule has 0 unspecified atom stereocenters. The van der Waals surface area contributed by atoms with Crippen molar-refractivity contribution in [3.63, 3.8) is 0 Å². The lowest BCUT2D eigenvalue weighted by Gasteiger charge is -2.19. The SMILES string of the molecule is C#C[C@H](NC(=O)N[C@H]1CC[C@@H](OC)C1)C(C)C. The maximum absolute atomic E-state index is 11.7. The van der Waals surface area contributed by atoms with E-state index >= 15 is 0 Å². The minimum atomic E-state index is -0.213. The highest BCUT2D eigenvalue weighted by Crippen LogP contribution is 2.21. The number of rotatable bonds is 4.